The Morgan fingerprint density at radius 2 is 2.06 bits per heavy atom. The standard InChI is InChI=1S/C22H21FN8O/c1-13(2)31-12-26-29-21(31)16-4-3-5-17(27-16)22(32)28-20-8-19(15(23)9-24-20)30-10-18(25-11-30)14-6-7-14/h3-5,8-14H,6-7H2,1-2H3,(H,24,28,32). The lowest BCUT2D eigenvalue weighted by Crippen LogP contribution is -2.16. The molecule has 0 aliphatic heterocycles. The average Bonchev–Trinajstić information content (AvgIpc) is 3.31. The Hall–Kier alpha value is -3.95. The van der Waals surface area contributed by atoms with E-state index in [4.69, 9.17) is 0 Å². The normalized spacial score (nSPS) is 13.5. The molecule has 0 atom stereocenters. The number of nitrogens with one attached hydrogen (secondary N) is 1. The summed E-state index contributed by atoms with van der Waals surface area (Å²) >= 11 is 0. The third-order valence-corrected chi connectivity index (χ3v) is 5.29. The van der Waals surface area contributed by atoms with Crippen molar-refractivity contribution in [1.29, 1.82) is 0 Å². The van der Waals surface area contributed by atoms with Crippen molar-refractivity contribution in [1.82, 2.24) is 34.3 Å². The van der Waals surface area contributed by atoms with Crippen molar-refractivity contribution in [2.24, 2.45) is 0 Å². The van der Waals surface area contributed by atoms with Crippen molar-refractivity contribution >= 4 is 11.7 Å². The summed E-state index contributed by atoms with van der Waals surface area (Å²) in [5.74, 6) is 0.280. The Kier molecular flexibility index (Phi) is 4.96. The number of carbonyl (C=O) groups is 1. The molecule has 1 N–H and O–H groups in total. The van der Waals surface area contributed by atoms with Crippen molar-refractivity contribution in [3.63, 3.8) is 0 Å². The number of halogens is 1. The Labute approximate surface area is 183 Å². The van der Waals surface area contributed by atoms with Gasteiger partial charge in [-0.1, -0.05) is 6.07 Å². The van der Waals surface area contributed by atoms with Crippen LogP contribution in [0.4, 0.5) is 10.2 Å². The van der Waals surface area contributed by atoms with Gasteiger partial charge < -0.3 is 14.5 Å². The molecule has 1 aliphatic carbocycles. The minimum absolute atomic E-state index is 0.143. The number of hydrogen-bond donors (Lipinski definition) is 1. The zero-order chi connectivity index (χ0) is 22.2. The van der Waals surface area contributed by atoms with Crippen molar-refractivity contribution in [2.75, 3.05) is 5.32 Å². The summed E-state index contributed by atoms with van der Waals surface area (Å²) in [6.45, 7) is 4.02. The number of anilines is 1. The molecular weight excluding hydrogens is 411 g/mol. The van der Waals surface area contributed by atoms with Crippen LogP contribution in [-0.4, -0.2) is 40.2 Å². The van der Waals surface area contributed by atoms with Crippen molar-refractivity contribution in [3.05, 3.63) is 66.5 Å². The summed E-state index contributed by atoms with van der Waals surface area (Å²) in [6.07, 6.45) is 8.32. The molecule has 162 valence electrons. The van der Waals surface area contributed by atoms with Gasteiger partial charge in [0.05, 0.1) is 23.9 Å². The highest BCUT2D eigenvalue weighted by atomic mass is 19.1. The molecule has 0 aromatic carbocycles. The number of hydrogen-bond acceptors (Lipinski definition) is 6. The van der Waals surface area contributed by atoms with E-state index in [2.05, 4.69) is 30.5 Å². The first-order chi connectivity index (χ1) is 15.5. The highest BCUT2D eigenvalue weighted by Gasteiger charge is 2.26. The number of aromatic nitrogens is 7. The van der Waals surface area contributed by atoms with Gasteiger partial charge >= 0.3 is 0 Å². The highest BCUT2D eigenvalue weighted by molar-refractivity contribution is 6.02. The minimum Gasteiger partial charge on any atom is -0.310 e. The Balaban J connectivity index is 1.39. The molecule has 0 bridgehead atoms. The summed E-state index contributed by atoms with van der Waals surface area (Å²) in [6, 6.07) is 6.71. The van der Waals surface area contributed by atoms with Crippen LogP contribution < -0.4 is 5.32 Å². The van der Waals surface area contributed by atoms with Gasteiger partial charge in [0.25, 0.3) is 5.91 Å². The van der Waals surface area contributed by atoms with Crippen LogP contribution in [0.3, 0.4) is 0 Å². The fraction of sp³-hybridized carbons (Fsp3) is 0.273. The van der Waals surface area contributed by atoms with Gasteiger partial charge in [0.15, 0.2) is 11.6 Å². The first-order valence-corrected chi connectivity index (χ1v) is 10.4. The van der Waals surface area contributed by atoms with Gasteiger partial charge in [0.1, 0.15) is 23.5 Å². The van der Waals surface area contributed by atoms with E-state index in [1.807, 2.05) is 24.6 Å². The molecule has 1 amide bonds. The lowest BCUT2D eigenvalue weighted by atomic mass is 10.2. The third kappa shape index (κ3) is 3.86. The molecule has 4 heterocycles. The second-order valence-electron chi connectivity index (χ2n) is 8.02. The van der Waals surface area contributed by atoms with E-state index in [9.17, 15) is 9.18 Å². The zero-order valence-corrected chi connectivity index (χ0v) is 17.6. The molecular formula is C22H21FN8O. The van der Waals surface area contributed by atoms with Crippen molar-refractivity contribution in [3.8, 4) is 17.2 Å². The van der Waals surface area contributed by atoms with E-state index in [1.165, 1.54) is 6.07 Å². The van der Waals surface area contributed by atoms with Gasteiger partial charge in [0.2, 0.25) is 0 Å². The fourth-order valence-corrected chi connectivity index (χ4v) is 3.42. The van der Waals surface area contributed by atoms with E-state index in [0.717, 1.165) is 24.7 Å². The number of rotatable bonds is 6. The SMILES string of the molecule is CC(C)n1cnnc1-c1cccc(C(=O)Nc2cc(-n3cnc(C4CC4)c3)c(F)cn2)n1. The molecule has 1 fully saturated rings. The molecule has 10 heteroatoms. The van der Waals surface area contributed by atoms with Crippen LogP contribution in [-0.2, 0) is 0 Å². The molecule has 1 saturated carbocycles. The minimum atomic E-state index is -0.504. The largest absolute Gasteiger partial charge is 0.310 e. The zero-order valence-electron chi connectivity index (χ0n) is 17.6. The molecule has 4 aromatic rings. The Morgan fingerprint density at radius 1 is 1.22 bits per heavy atom. The molecule has 5 rings (SSSR count). The van der Waals surface area contributed by atoms with Crippen LogP contribution in [0.5, 0.6) is 0 Å². The van der Waals surface area contributed by atoms with Gasteiger partial charge in [-0.3, -0.25) is 4.79 Å². The number of imidazole rings is 1. The predicted octanol–water partition coefficient (Wildman–Crippen LogP) is 3.77. The van der Waals surface area contributed by atoms with E-state index in [-0.39, 0.29) is 23.2 Å². The van der Waals surface area contributed by atoms with Gasteiger partial charge in [-0.05, 0) is 38.8 Å². The average molecular weight is 432 g/mol. The third-order valence-electron chi connectivity index (χ3n) is 5.29. The number of amides is 1. The lowest BCUT2D eigenvalue weighted by Gasteiger charge is -2.11. The second-order valence-corrected chi connectivity index (χ2v) is 8.02. The van der Waals surface area contributed by atoms with Crippen LogP contribution in [0.1, 0.15) is 54.8 Å². The van der Waals surface area contributed by atoms with Gasteiger partial charge in [-0.2, -0.15) is 0 Å². The van der Waals surface area contributed by atoms with Crippen LogP contribution >= 0.6 is 0 Å². The number of carbonyl (C=O) groups excluding carboxylic acids is 1. The van der Waals surface area contributed by atoms with E-state index >= 15 is 0 Å². The molecule has 4 aromatic heterocycles. The van der Waals surface area contributed by atoms with Crippen LogP contribution in [0, 0.1) is 5.82 Å². The topological polar surface area (TPSA) is 103 Å². The highest BCUT2D eigenvalue weighted by Crippen LogP contribution is 2.39. The first kappa shape index (κ1) is 20.0. The second kappa shape index (κ2) is 7.95. The lowest BCUT2D eigenvalue weighted by molar-refractivity contribution is 0.102. The van der Waals surface area contributed by atoms with E-state index in [0.29, 0.717) is 17.4 Å². The van der Waals surface area contributed by atoms with E-state index < -0.39 is 11.7 Å². The summed E-state index contributed by atoms with van der Waals surface area (Å²) < 4.78 is 17.9. The summed E-state index contributed by atoms with van der Waals surface area (Å²) in [5, 5.41) is 10.8. The maximum absolute atomic E-state index is 14.4. The van der Waals surface area contributed by atoms with Crippen LogP contribution in [0.25, 0.3) is 17.2 Å². The Bertz CT molecular complexity index is 1290. The van der Waals surface area contributed by atoms with Gasteiger partial charge in [0, 0.05) is 24.2 Å². The molecule has 0 unspecified atom stereocenters. The molecule has 32 heavy (non-hydrogen) atoms. The first-order valence-electron chi connectivity index (χ1n) is 10.4. The molecule has 0 spiro atoms. The van der Waals surface area contributed by atoms with Gasteiger partial charge in [-0.15, -0.1) is 10.2 Å². The smallest absolute Gasteiger partial charge is 0.275 e. The van der Waals surface area contributed by atoms with Crippen LogP contribution in [0.15, 0.2) is 49.3 Å². The molecule has 0 radical (unpaired) electrons. The summed E-state index contributed by atoms with van der Waals surface area (Å²) in [7, 11) is 0. The summed E-state index contributed by atoms with van der Waals surface area (Å²) in [4.78, 5) is 25.6. The van der Waals surface area contributed by atoms with E-state index in [1.54, 1.807) is 35.4 Å². The number of pyridine rings is 2. The predicted molar refractivity (Wildman–Crippen MR) is 115 cm³/mol. The Morgan fingerprint density at radius 3 is 2.84 bits per heavy atom. The molecule has 0 saturated heterocycles. The fourth-order valence-electron chi connectivity index (χ4n) is 3.42. The maximum atomic E-state index is 14.4. The van der Waals surface area contributed by atoms with Crippen LogP contribution in [0.2, 0.25) is 0 Å². The van der Waals surface area contributed by atoms with Gasteiger partial charge in [-0.25, -0.2) is 19.3 Å². The molecule has 9 nitrogen and oxygen atoms in total. The quantitative estimate of drug-likeness (QED) is 0.497. The molecule has 1 aliphatic rings. The number of nitrogens with zero attached hydrogens (tertiary/aromatic N) is 7. The summed E-state index contributed by atoms with van der Waals surface area (Å²) in [5.41, 5.74) is 1.93. The van der Waals surface area contributed by atoms with Crippen molar-refractivity contribution in [2.45, 2.75) is 38.6 Å². The van der Waals surface area contributed by atoms with Crippen molar-refractivity contribution < 1.29 is 9.18 Å². The monoisotopic (exact) mass is 432 g/mol. The maximum Gasteiger partial charge on any atom is 0.275 e.